The topological polar surface area (TPSA) is 46.2 Å². The van der Waals surface area contributed by atoms with E-state index < -0.39 is 9.84 Å². The maximum absolute atomic E-state index is 13.2. The Morgan fingerprint density at radius 3 is 2.16 bits per heavy atom. The average molecular weight is 375 g/mol. The lowest BCUT2D eigenvalue weighted by molar-refractivity contribution is 0.602. The van der Waals surface area contributed by atoms with Crippen LogP contribution in [0.3, 0.4) is 0 Å². The van der Waals surface area contributed by atoms with E-state index in [0.29, 0.717) is 4.90 Å². The minimum Gasteiger partial charge on any atom is -0.315 e. The van der Waals surface area contributed by atoms with Gasteiger partial charge in [-0.1, -0.05) is 24.3 Å². The van der Waals surface area contributed by atoms with E-state index in [1.54, 1.807) is 35.6 Å². The third kappa shape index (κ3) is 3.98. The quantitative estimate of drug-likeness (QED) is 0.721. The Morgan fingerprint density at radius 2 is 1.60 bits per heavy atom. The summed E-state index contributed by atoms with van der Waals surface area (Å²) < 4.78 is 36.5. The van der Waals surface area contributed by atoms with Crippen molar-refractivity contribution in [1.29, 1.82) is 0 Å². The number of hydrogen-bond acceptors (Lipinski definition) is 4. The zero-order valence-electron chi connectivity index (χ0n) is 13.9. The molecule has 1 heterocycles. The lowest BCUT2D eigenvalue weighted by Gasteiger charge is -2.06. The fraction of sp³-hybridized carbons (Fsp3) is 0.158. The fourth-order valence-corrected chi connectivity index (χ4v) is 4.44. The molecule has 0 saturated carbocycles. The second-order valence-corrected chi connectivity index (χ2v) is 8.94. The molecule has 3 aromatic rings. The molecule has 3 nitrogen and oxygen atoms in total. The van der Waals surface area contributed by atoms with Crippen molar-refractivity contribution in [2.75, 3.05) is 13.3 Å². The van der Waals surface area contributed by atoms with Gasteiger partial charge in [0.15, 0.2) is 9.84 Å². The SMILES string of the molecule is CNCc1cc(-c2ccc(S(C)(=O)=O)cc2)c(-c2ccc(F)cc2)s1. The molecule has 0 atom stereocenters. The van der Waals surface area contributed by atoms with Gasteiger partial charge < -0.3 is 5.32 Å². The van der Waals surface area contributed by atoms with Gasteiger partial charge >= 0.3 is 0 Å². The summed E-state index contributed by atoms with van der Waals surface area (Å²) >= 11 is 1.64. The molecule has 0 radical (unpaired) electrons. The summed E-state index contributed by atoms with van der Waals surface area (Å²) in [7, 11) is -1.33. The number of nitrogens with one attached hydrogen (secondary N) is 1. The maximum atomic E-state index is 13.2. The molecule has 3 rings (SSSR count). The van der Waals surface area contributed by atoms with Crippen LogP contribution in [0.4, 0.5) is 4.39 Å². The third-order valence-electron chi connectivity index (χ3n) is 3.83. The standard InChI is InChI=1S/C19H18FNO2S2/c1-21-12-16-11-18(13-5-9-17(10-6-13)25(2,22)23)19(24-16)14-3-7-15(20)8-4-14/h3-11,21H,12H2,1-2H3. The second-order valence-electron chi connectivity index (χ2n) is 5.79. The largest absolute Gasteiger partial charge is 0.315 e. The fourth-order valence-electron chi connectivity index (χ4n) is 2.62. The molecule has 0 aliphatic rings. The average Bonchev–Trinajstić information content (AvgIpc) is 2.99. The van der Waals surface area contributed by atoms with Gasteiger partial charge in [0.1, 0.15) is 5.82 Å². The van der Waals surface area contributed by atoms with E-state index >= 15 is 0 Å². The molecule has 6 heteroatoms. The van der Waals surface area contributed by atoms with Gasteiger partial charge in [-0.3, -0.25) is 0 Å². The third-order valence-corrected chi connectivity index (χ3v) is 6.15. The van der Waals surface area contributed by atoms with Gasteiger partial charge in [-0.05, 0) is 48.5 Å². The lowest BCUT2D eigenvalue weighted by atomic mass is 10.0. The Morgan fingerprint density at radius 1 is 1.00 bits per heavy atom. The summed E-state index contributed by atoms with van der Waals surface area (Å²) in [5.41, 5.74) is 2.89. The van der Waals surface area contributed by atoms with Crippen LogP contribution in [0.2, 0.25) is 0 Å². The van der Waals surface area contributed by atoms with Crippen LogP contribution in [-0.2, 0) is 16.4 Å². The number of benzene rings is 2. The number of halogens is 1. The normalized spacial score (nSPS) is 11.6. The molecule has 25 heavy (non-hydrogen) atoms. The molecule has 0 saturated heterocycles. The molecule has 0 aliphatic heterocycles. The zero-order chi connectivity index (χ0) is 18.0. The highest BCUT2D eigenvalue weighted by molar-refractivity contribution is 7.90. The maximum Gasteiger partial charge on any atom is 0.175 e. The molecule has 0 amide bonds. The smallest absolute Gasteiger partial charge is 0.175 e. The van der Waals surface area contributed by atoms with Crippen molar-refractivity contribution in [2.24, 2.45) is 0 Å². The van der Waals surface area contributed by atoms with Gasteiger partial charge in [0.05, 0.1) is 4.90 Å². The van der Waals surface area contributed by atoms with Gasteiger partial charge in [-0.15, -0.1) is 11.3 Å². The molecular weight excluding hydrogens is 357 g/mol. The molecule has 130 valence electrons. The van der Waals surface area contributed by atoms with E-state index in [1.807, 2.05) is 19.2 Å². The number of thiophene rings is 1. The zero-order valence-corrected chi connectivity index (χ0v) is 15.5. The molecule has 2 aromatic carbocycles. The molecule has 1 aromatic heterocycles. The Labute approximate surface area is 151 Å². The van der Waals surface area contributed by atoms with E-state index in [0.717, 1.165) is 33.0 Å². The van der Waals surface area contributed by atoms with E-state index in [1.165, 1.54) is 18.4 Å². The summed E-state index contributed by atoms with van der Waals surface area (Å²) in [5, 5.41) is 3.14. The van der Waals surface area contributed by atoms with Crippen LogP contribution < -0.4 is 5.32 Å². The van der Waals surface area contributed by atoms with E-state index in [4.69, 9.17) is 0 Å². The number of hydrogen-bond donors (Lipinski definition) is 1. The second kappa shape index (κ2) is 7.07. The van der Waals surface area contributed by atoms with Crippen molar-refractivity contribution >= 4 is 21.2 Å². The summed E-state index contributed by atoms with van der Waals surface area (Å²) in [6, 6.07) is 15.4. The van der Waals surface area contributed by atoms with Crippen LogP contribution in [0.15, 0.2) is 59.5 Å². The number of sulfone groups is 1. The monoisotopic (exact) mass is 375 g/mol. The van der Waals surface area contributed by atoms with Crippen molar-refractivity contribution in [3.8, 4) is 21.6 Å². The van der Waals surface area contributed by atoms with Crippen molar-refractivity contribution < 1.29 is 12.8 Å². The van der Waals surface area contributed by atoms with Gasteiger partial charge in [0.2, 0.25) is 0 Å². The summed E-state index contributed by atoms with van der Waals surface area (Å²) in [4.78, 5) is 2.49. The predicted octanol–water partition coefficient (Wildman–Crippen LogP) is 4.34. The first-order chi connectivity index (χ1) is 11.9. The predicted molar refractivity (Wildman–Crippen MR) is 101 cm³/mol. The first-order valence-corrected chi connectivity index (χ1v) is 10.4. The first kappa shape index (κ1) is 17.8. The van der Waals surface area contributed by atoms with E-state index in [-0.39, 0.29) is 5.82 Å². The molecule has 0 fully saturated rings. The Hall–Kier alpha value is -2.02. The van der Waals surface area contributed by atoms with Crippen molar-refractivity contribution in [2.45, 2.75) is 11.4 Å². The minimum absolute atomic E-state index is 0.269. The van der Waals surface area contributed by atoms with Gasteiger partial charge in [0.25, 0.3) is 0 Å². The van der Waals surface area contributed by atoms with Crippen molar-refractivity contribution in [1.82, 2.24) is 5.32 Å². The molecule has 0 spiro atoms. The highest BCUT2D eigenvalue weighted by Gasteiger charge is 2.14. The summed E-state index contributed by atoms with van der Waals surface area (Å²) in [6.45, 7) is 0.736. The van der Waals surface area contributed by atoms with Crippen LogP contribution in [0.5, 0.6) is 0 Å². The van der Waals surface area contributed by atoms with Crippen LogP contribution in [0.1, 0.15) is 4.88 Å². The molecule has 0 bridgehead atoms. The Kier molecular flexibility index (Phi) is 5.03. The Balaban J connectivity index is 2.09. The van der Waals surface area contributed by atoms with Gasteiger partial charge in [-0.2, -0.15) is 0 Å². The van der Waals surface area contributed by atoms with E-state index in [9.17, 15) is 12.8 Å². The molecular formula is C19H18FNO2S2. The van der Waals surface area contributed by atoms with Crippen LogP contribution in [-0.4, -0.2) is 21.7 Å². The van der Waals surface area contributed by atoms with Gasteiger partial charge in [-0.25, -0.2) is 12.8 Å². The highest BCUT2D eigenvalue weighted by Crippen LogP contribution is 2.39. The van der Waals surface area contributed by atoms with Gasteiger partial charge in [0, 0.05) is 28.1 Å². The summed E-state index contributed by atoms with van der Waals surface area (Å²) in [5.74, 6) is -0.269. The molecule has 1 N–H and O–H groups in total. The lowest BCUT2D eigenvalue weighted by Crippen LogP contribution is -2.02. The Bertz CT molecular complexity index is 975. The molecule has 0 aliphatic carbocycles. The van der Waals surface area contributed by atoms with Crippen molar-refractivity contribution in [3.05, 3.63) is 65.3 Å². The van der Waals surface area contributed by atoms with Crippen LogP contribution in [0.25, 0.3) is 21.6 Å². The first-order valence-electron chi connectivity index (χ1n) is 7.72. The van der Waals surface area contributed by atoms with E-state index in [2.05, 4.69) is 11.4 Å². The van der Waals surface area contributed by atoms with Crippen LogP contribution in [0, 0.1) is 5.82 Å². The summed E-state index contributed by atoms with van der Waals surface area (Å²) in [6.07, 6.45) is 1.20. The van der Waals surface area contributed by atoms with Crippen molar-refractivity contribution in [3.63, 3.8) is 0 Å². The highest BCUT2D eigenvalue weighted by atomic mass is 32.2. The molecule has 0 unspecified atom stereocenters. The minimum atomic E-state index is -3.22. The number of rotatable bonds is 5. The van der Waals surface area contributed by atoms with Crippen LogP contribution >= 0.6 is 11.3 Å².